The van der Waals surface area contributed by atoms with Crippen molar-refractivity contribution in [2.45, 2.75) is 20.3 Å². The first-order chi connectivity index (χ1) is 11.7. The summed E-state index contributed by atoms with van der Waals surface area (Å²) in [4.78, 5) is 33.4. The van der Waals surface area contributed by atoms with Crippen LogP contribution in [-0.4, -0.2) is 38.2 Å². The Morgan fingerprint density at radius 1 is 1.36 bits per heavy atom. The van der Waals surface area contributed by atoms with Gasteiger partial charge in [0.2, 0.25) is 0 Å². The fraction of sp³-hybridized carbons (Fsp3) is 0.312. The number of aromatic nitrogens is 2. The van der Waals surface area contributed by atoms with Crippen LogP contribution >= 0.6 is 0 Å². The summed E-state index contributed by atoms with van der Waals surface area (Å²) in [6.07, 6.45) is 1.80. The summed E-state index contributed by atoms with van der Waals surface area (Å²) >= 11 is 0. The molecule has 0 saturated heterocycles. The predicted octanol–water partition coefficient (Wildman–Crippen LogP) is 2.01. The molecule has 0 unspecified atom stereocenters. The van der Waals surface area contributed by atoms with Gasteiger partial charge in [0.05, 0.1) is 16.0 Å². The zero-order valence-corrected chi connectivity index (χ0v) is 13.8. The van der Waals surface area contributed by atoms with E-state index in [1.165, 1.54) is 35.1 Å². The van der Waals surface area contributed by atoms with Crippen molar-refractivity contribution in [3.05, 3.63) is 52.3 Å². The van der Waals surface area contributed by atoms with Gasteiger partial charge in [0, 0.05) is 24.9 Å². The fourth-order valence-electron chi connectivity index (χ4n) is 2.02. The highest BCUT2D eigenvalue weighted by Gasteiger charge is 2.26. The number of carbonyl (C=O) groups excluding carboxylic acids is 1. The van der Waals surface area contributed by atoms with E-state index in [2.05, 4.69) is 10.4 Å². The fourth-order valence-corrected chi connectivity index (χ4v) is 2.02. The summed E-state index contributed by atoms with van der Waals surface area (Å²) < 4.78 is 1.36. The summed E-state index contributed by atoms with van der Waals surface area (Å²) in [6.45, 7) is 3.36. The molecule has 9 nitrogen and oxygen atoms in total. The molecular weight excluding hydrogens is 328 g/mol. The van der Waals surface area contributed by atoms with Crippen LogP contribution in [0.25, 0.3) is 5.69 Å². The number of hydrogen-bond acceptors (Lipinski definition) is 5. The molecule has 0 atom stereocenters. The zero-order chi connectivity index (χ0) is 18.6. The van der Waals surface area contributed by atoms with Gasteiger partial charge < -0.3 is 10.4 Å². The zero-order valence-electron chi connectivity index (χ0n) is 13.8. The lowest BCUT2D eigenvalue weighted by Crippen LogP contribution is -2.32. The van der Waals surface area contributed by atoms with Crippen molar-refractivity contribution in [1.29, 1.82) is 0 Å². The number of nitrogens with one attached hydrogen (secondary N) is 1. The lowest BCUT2D eigenvalue weighted by atomic mass is 9.90. The van der Waals surface area contributed by atoms with E-state index < -0.39 is 22.2 Å². The molecule has 0 fully saturated rings. The molecule has 25 heavy (non-hydrogen) atoms. The average molecular weight is 346 g/mol. The summed E-state index contributed by atoms with van der Waals surface area (Å²) in [5.41, 5.74) is -0.412. The Labute approximate surface area is 143 Å². The molecule has 0 aliphatic rings. The quantitative estimate of drug-likeness (QED) is 0.583. The lowest BCUT2D eigenvalue weighted by Gasteiger charge is -2.18. The number of amides is 1. The summed E-state index contributed by atoms with van der Waals surface area (Å²) in [7, 11) is 0. The van der Waals surface area contributed by atoms with Crippen LogP contribution in [0.3, 0.4) is 0 Å². The summed E-state index contributed by atoms with van der Waals surface area (Å²) in [5.74, 6) is -1.37. The van der Waals surface area contributed by atoms with Crippen molar-refractivity contribution in [2.75, 3.05) is 6.54 Å². The first-order valence-electron chi connectivity index (χ1n) is 7.53. The maximum atomic E-state index is 12.1. The van der Waals surface area contributed by atoms with E-state index in [1.54, 1.807) is 19.9 Å². The minimum absolute atomic E-state index is 0.0742. The molecule has 0 spiro atoms. The third kappa shape index (κ3) is 4.40. The maximum absolute atomic E-state index is 12.1. The van der Waals surface area contributed by atoms with Gasteiger partial charge in [0.1, 0.15) is 0 Å². The Morgan fingerprint density at radius 3 is 2.72 bits per heavy atom. The molecular formula is C16H18N4O5. The van der Waals surface area contributed by atoms with Gasteiger partial charge >= 0.3 is 5.97 Å². The second-order valence-electron chi connectivity index (χ2n) is 6.12. The van der Waals surface area contributed by atoms with Gasteiger partial charge in [-0.05, 0) is 32.4 Å². The number of benzene rings is 1. The molecule has 0 aliphatic carbocycles. The third-order valence-corrected chi connectivity index (χ3v) is 3.74. The largest absolute Gasteiger partial charge is 0.481 e. The van der Waals surface area contributed by atoms with Crippen LogP contribution in [0, 0.1) is 15.5 Å². The summed E-state index contributed by atoms with van der Waals surface area (Å²) in [6, 6.07) is 7.37. The van der Waals surface area contributed by atoms with Crippen LogP contribution in [0.4, 0.5) is 5.69 Å². The lowest BCUT2D eigenvalue weighted by molar-refractivity contribution is -0.384. The molecule has 132 valence electrons. The van der Waals surface area contributed by atoms with E-state index in [4.69, 9.17) is 5.11 Å². The Hall–Kier alpha value is -3.23. The highest BCUT2D eigenvalue weighted by atomic mass is 16.6. The Morgan fingerprint density at radius 2 is 2.08 bits per heavy atom. The van der Waals surface area contributed by atoms with Crippen molar-refractivity contribution < 1.29 is 19.6 Å². The SMILES string of the molecule is CC(C)(CCNC(=O)c1ccn(-c2cccc([N+](=O)[O-])c2)n1)C(=O)O. The molecule has 9 heteroatoms. The monoisotopic (exact) mass is 346 g/mol. The topological polar surface area (TPSA) is 127 Å². The minimum Gasteiger partial charge on any atom is -0.481 e. The van der Waals surface area contributed by atoms with Crippen molar-refractivity contribution in [3.8, 4) is 5.69 Å². The Bertz CT molecular complexity index is 812. The van der Waals surface area contributed by atoms with Crippen molar-refractivity contribution in [2.24, 2.45) is 5.41 Å². The van der Waals surface area contributed by atoms with Crippen molar-refractivity contribution >= 4 is 17.6 Å². The number of non-ortho nitro benzene ring substituents is 1. The molecule has 1 aromatic heterocycles. The number of nitro groups is 1. The van der Waals surface area contributed by atoms with Crippen LogP contribution < -0.4 is 5.32 Å². The second kappa shape index (κ2) is 7.12. The van der Waals surface area contributed by atoms with Gasteiger partial charge in [-0.25, -0.2) is 4.68 Å². The number of carboxylic acids is 1. The van der Waals surface area contributed by atoms with Gasteiger partial charge in [-0.2, -0.15) is 5.10 Å². The smallest absolute Gasteiger partial charge is 0.309 e. The van der Waals surface area contributed by atoms with E-state index in [9.17, 15) is 19.7 Å². The highest BCUT2D eigenvalue weighted by molar-refractivity contribution is 5.92. The van der Waals surface area contributed by atoms with Crippen LogP contribution in [0.5, 0.6) is 0 Å². The number of carboxylic acid groups (broad SMARTS) is 1. The van der Waals surface area contributed by atoms with E-state index >= 15 is 0 Å². The molecule has 2 aromatic rings. The van der Waals surface area contributed by atoms with Gasteiger partial charge in [0.15, 0.2) is 5.69 Å². The van der Waals surface area contributed by atoms with Crippen LogP contribution in [-0.2, 0) is 4.79 Å². The van der Waals surface area contributed by atoms with Gasteiger partial charge in [-0.1, -0.05) is 6.07 Å². The average Bonchev–Trinajstić information content (AvgIpc) is 3.04. The van der Waals surface area contributed by atoms with Gasteiger partial charge in [0.25, 0.3) is 11.6 Å². The van der Waals surface area contributed by atoms with Crippen LogP contribution in [0.1, 0.15) is 30.8 Å². The number of carbonyl (C=O) groups is 2. The number of nitro benzene ring substituents is 1. The van der Waals surface area contributed by atoms with Gasteiger partial charge in [-0.3, -0.25) is 19.7 Å². The first kappa shape index (κ1) is 18.1. The van der Waals surface area contributed by atoms with Crippen LogP contribution in [0.2, 0.25) is 0 Å². The minimum atomic E-state index is -0.935. The van der Waals surface area contributed by atoms with Crippen molar-refractivity contribution in [1.82, 2.24) is 15.1 Å². The Balaban J connectivity index is 2.03. The van der Waals surface area contributed by atoms with E-state index in [-0.39, 0.29) is 24.3 Å². The highest BCUT2D eigenvalue weighted by Crippen LogP contribution is 2.19. The summed E-state index contributed by atoms with van der Waals surface area (Å²) in [5, 5.41) is 26.6. The van der Waals surface area contributed by atoms with E-state index in [1.807, 2.05) is 0 Å². The standard InChI is InChI=1S/C16H18N4O5/c1-16(2,15(22)23)7-8-17-14(21)13-6-9-19(18-13)11-4-3-5-12(10-11)20(24)25/h3-6,9-10H,7-8H2,1-2H3,(H,17,21)(H,22,23). The molecule has 1 aromatic carbocycles. The third-order valence-electron chi connectivity index (χ3n) is 3.74. The molecule has 1 amide bonds. The molecule has 2 rings (SSSR count). The molecule has 0 bridgehead atoms. The molecule has 0 saturated carbocycles. The number of nitrogens with zero attached hydrogens (tertiary/aromatic N) is 3. The second-order valence-corrected chi connectivity index (χ2v) is 6.12. The molecule has 2 N–H and O–H groups in total. The predicted molar refractivity (Wildman–Crippen MR) is 88.6 cm³/mol. The molecule has 0 aliphatic heterocycles. The first-order valence-corrected chi connectivity index (χ1v) is 7.53. The van der Waals surface area contributed by atoms with Crippen LogP contribution in [0.15, 0.2) is 36.5 Å². The Kier molecular flexibility index (Phi) is 5.16. The van der Waals surface area contributed by atoms with Gasteiger partial charge in [-0.15, -0.1) is 0 Å². The molecule has 0 radical (unpaired) electrons. The van der Waals surface area contributed by atoms with Crippen molar-refractivity contribution in [3.63, 3.8) is 0 Å². The number of rotatable bonds is 7. The number of hydrogen-bond donors (Lipinski definition) is 2. The van der Waals surface area contributed by atoms with E-state index in [0.29, 0.717) is 5.69 Å². The van der Waals surface area contributed by atoms with E-state index in [0.717, 1.165) is 0 Å². The normalized spacial score (nSPS) is 11.1. The number of aliphatic carboxylic acids is 1. The molecule has 1 heterocycles. The maximum Gasteiger partial charge on any atom is 0.309 e.